The molecule has 26 heavy (non-hydrogen) atoms. The third-order valence-electron chi connectivity index (χ3n) is 3.18. The molecule has 1 saturated carbocycles. The van der Waals surface area contributed by atoms with Crippen molar-refractivity contribution in [2.24, 2.45) is 0 Å². The van der Waals surface area contributed by atoms with Crippen molar-refractivity contribution in [3.8, 4) is 0 Å². The predicted octanol–water partition coefficient (Wildman–Crippen LogP) is 5.84. The lowest BCUT2D eigenvalue weighted by atomic mass is 10.2. The van der Waals surface area contributed by atoms with Gasteiger partial charge in [-0.1, -0.05) is 0 Å². The molecule has 0 spiro atoms. The van der Waals surface area contributed by atoms with Crippen LogP contribution in [0, 0.1) is 0 Å². The monoisotopic (exact) mass is 428 g/mol. The summed E-state index contributed by atoms with van der Waals surface area (Å²) in [5.74, 6) is -41.7. The van der Waals surface area contributed by atoms with E-state index >= 15 is 0 Å². The maximum absolute atomic E-state index is 12.0. The van der Waals surface area contributed by atoms with Crippen LogP contribution in [0.1, 0.15) is 6.42 Å². The summed E-state index contributed by atoms with van der Waals surface area (Å²) in [5.41, 5.74) is 0. The lowest BCUT2D eigenvalue weighted by Crippen LogP contribution is -2.51. The van der Waals surface area contributed by atoms with Gasteiger partial charge in [0.15, 0.2) is 5.83 Å². The molecular formula is C10H4F16. The Balaban J connectivity index is 0.000000464. The van der Waals surface area contributed by atoms with E-state index in [4.69, 9.17) is 0 Å². The lowest BCUT2D eigenvalue weighted by Gasteiger charge is -2.23. The molecule has 0 saturated heterocycles. The Hall–Kier alpha value is -1.38. The molecule has 0 atom stereocenters. The highest BCUT2D eigenvalue weighted by Crippen LogP contribution is 2.62. The fourth-order valence-corrected chi connectivity index (χ4v) is 1.66. The number of hydrogen-bond acceptors (Lipinski definition) is 0. The van der Waals surface area contributed by atoms with Crippen LogP contribution in [0.25, 0.3) is 0 Å². The van der Waals surface area contributed by atoms with Gasteiger partial charge in [0.25, 0.3) is 0 Å². The minimum absolute atomic E-state index is 0. The van der Waals surface area contributed by atoms with Gasteiger partial charge in [-0.3, -0.25) is 4.70 Å². The van der Waals surface area contributed by atoms with Gasteiger partial charge < -0.3 is 0 Å². The molecule has 0 amide bonds. The van der Waals surface area contributed by atoms with Crippen LogP contribution in [0.15, 0.2) is 11.9 Å². The van der Waals surface area contributed by atoms with Crippen LogP contribution in [-0.2, 0) is 0 Å². The first-order valence-electron chi connectivity index (χ1n) is 5.62. The molecule has 156 valence electrons. The highest BCUT2D eigenvalue weighted by Gasteiger charge is 2.88. The van der Waals surface area contributed by atoms with E-state index in [1.165, 1.54) is 0 Å². The number of hydrogen-bond donors (Lipinski definition) is 0. The maximum atomic E-state index is 12.0. The van der Waals surface area contributed by atoms with Crippen molar-refractivity contribution >= 4 is 0 Å². The summed E-state index contributed by atoms with van der Waals surface area (Å²) in [6, 6.07) is 0. The van der Waals surface area contributed by atoms with Crippen LogP contribution in [-0.4, -0.2) is 41.5 Å². The molecule has 0 aromatic heterocycles. The first kappa shape index (κ1) is 24.6. The van der Waals surface area contributed by atoms with E-state index < -0.39 is 59.8 Å². The summed E-state index contributed by atoms with van der Waals surface area (Å²) >= 11 is 0. The lowest BCUT2D eigenvalue weighted by molar-refractivity contribution is -0.303. The molecule has 2 rings (SSSR count). The Morgan fingerprint density at radius 2 is 0.885 bits per heavy atom. The number of halogens is 16. The van der Waals surface area contributed by atoms with Crippen molar-refractivity contribution in [1.29, 1.82) is 0 Å². The molecule has 0 aromatic carbocycles. The van der Waals surface area contributed by atoms with Gasteiger partial charge in [0, 0.05) is 6.08 Å². The maximum Gasteiger partial charge on any atom is 0.382 e. The standard InChI is InChI=1S/C5H2F8.C5HF7.FH/c6-2(7)1-3(8,9)5(12,13)4(2,10)11;6-2-1-3(7,8)5(11,12)4(2,9)10;/h1H2;1H;1H. The Morgan fingerprint density at radius 3 is 0.962 bits per heavy atom. The molecule has 0 heterocycles. The van der Waals surface area contributed by atoms with Crippen molar-refractivity contribution in [2.45, 2.75) is 47.9 Å². The average Bonchev–Trinajstić information content (AvgIpc) is 2.50. The van der Waals surface area contributed by atoms with Crippen molar-refractivity contribution in [1.82, 2.24) is 0 Å². The Morgan fingerprint density at radius 1 is 0.577 bits per heavy atom. The van der Waals surface area contributed by atoms with E-state index in [2.05, 4.69) is 0 Å². The topological polar surface area (TPSA) is 0 Å². The molecule has 2 aliphatic rings. The average molecular weight is 428 g/mol. The fourth-order valence-electron chi connectivity index (χ4n) is 1.66. The summed E-state index contributed by atoms with van der Waals surface area (Å²) in [4.78, 5) is 0. The summed E-state index contributed by atoms with van der Waals surface area (Å²) in [7, 11) is 0. The first-order valence-corrected chi connectivity index (χ1v) is 5.62. The van der Waals surface area contributed by atoms with E-state index in [0.717, 1.165) is 0 Å². The third-order valence-corrected chi connectivity index (χ3v) is 3.18. The van der Waals surface area contributed by atoms with Gasteiger partial charge in [-0.05, 0) is 0 Å². The minimum atomic E-state index is -6.00. The van der Waals surface area contributed by atoms with Gasteiger partial charge >= 0.3 is 41.5 Å². The molecule has 0 radical (unpaired) electrons. The second-order valence-corrected chi connectivity index (χ2v) is 5.00. The highest BCUT2D eigenvalue weighted by molar-refractivity contribution is 5.27. The second kappa shape index (κ2) is 5.81. The fraction of sp³-hybridized carbons (Fsp3) is 0.800. The van der Waals surface area contributed by atoms with Gasteiger partial charge in [0.1, 0.15) is 0 Å². The molecule has 0 aromatic rings. The molecule has 0 nitrogen and oxygen atoms in total. The van der Waals surface area contributed by atoms with Gasteiger partial charge in [0.05, 0.1) is 6.42 Å². The molecule has 2 aliphatic carbocycles. The number of rotatable bonds is 0. The summed E-state index contributed by atoms with van der Waals surface area (Å²) < 4.78 is 180. The van der Waals surface area contributed by atoms with Crippen LogP contribution in [0.5, 0.6) is 0 Å². The Labute approximate surface area is 132 Å². The predicted molar refractivity (Wildman–Crippen MR) is 50.9 cm³/mol. The molecule has 0 bridgehead atoms. The number of alkyl halides is 14. The quantitative estimate of drug-likeness (QED) is 0.426. The zero-order chi connectivity index (χ0) is 20.5. The third kappa shape index (κ3) is 2.88. The summed E-state index contributed by atoms with van der Waals surface area (Å²) in [6.07, 6.45) is -3.90. The minimum Gasteiger partial charge on any atom is -0.269 e. The largest absolute Gasteiger partial charge is 0.382 e. The van der Waals surface area contributed by atoms with Crippen LogP contribution < -0.4 is 0 Å². The van der Waals surface area contributed by atoms with E-state index in [0.29, 0.717) is 0 Å². The van der Waals surface area contributed by atoms with Crippen molar-refractivity contribution in [3.63, 3.8) is 0 Å². The van der Waals surface area contributed by atoms with E-state index in [1.807, 2.05) is 0 Å². The van der Waals surface area contributed by atoms with Crippen LogP contribution in [0.2, 0.25) is 0 Å². The molecule has 0 unspecified atom stereocenters. The van der Waals surface area contributed by atoms with Crippen LogP contribution >= 0.6 is 0 Å². The summed E-state index contributed by atoms with van der Waals surface area (Å²) in [6.45, 7) is 0. The molecule has 0 aliphatic heterocycles. The SMILES string of the molecule is F.FC1(F)CC(F)(F)C(F)(F)C1(F)F.FC1=CC(F)(F)C(F)(F)C1(F)F. The van der Waals surface area contributed by atoms with Crippen LogP contribution in [0.4, 0.5) is 70.6 Å². The Bertz CT molecular complexity index is 546. The molecule has 16 heteroatoms. The van der Waals surface area contributed by atoms with E-state index in [-0.39, 0.29) is 4.70 Å². The van der Waals surface area contributed by atoms with E-state index in [1.54, 1.807) is 0 Å². The molecule has 0 N–H and O–H groups in total. The van der Waals surface area contributed by atoms with Gasteiger partial charge in [0.2, 0.25) is 0 Å². The van der Waals surface area contributed by atoms with Gasteiger partial charge in [-0.2, -0.15) is 61.5 Å². The zero-order valence-electron chi connectivity index (χ0n) is 11.4. The van der Waals surface area contributed by atoms with Gasteiger partial charge in [-0.25, -0.2) is 4.39 Å². The summed E-state index contributed by atoms with van der Waals surface area (Å²) in [5, 5.41) is 0. The first-order chi connectivity index (χ1) is 10.6. The Kier molecular flexibility index (Phi) is 5.50. The normalized spacial score (nSPS) is 30.5. The van der Waals surface area contributed by atoms with Crippen molar-refractivity contribution in [3.05, 3.63) is 11.9 Å². The van der Waals surface area contributed by atoms with E-state index in [9.17, 15) is 65.9 Å². The zero-order valence-corrected chi connectivity index (χ0v) is 11.4. The van der Waals surface area contributed by atoms with Crippen LogP contribution in [0.3, 0.4) is 0 Å². The smallest absolute Gasteiger partial charge is 0.269 e. The number of allylic oxidation sites excluding steroid dienone is 2. The van der Waals surface area contributed by atoms with Crippen molar-refractivity contribution in [2.75, 3.05) is 0 Å². The second-order valence-electron chi connectivity index (χ2n) is 5.00. The molecular weight excluding hydrogens is 424 g/mol. The van der Waals surface area contributed by atoms with Crippen molar-refractivity contribution < 1.29 is 70.6 Å². The molecule has 1 fully saturated rings. The van der Waals surface area contributed by atoms with Gasteiger partial charge in [-0.15, -0.1) is 0 Å². The highest BCUT2D eigenvalue weighted by atomic mass is 19.4.